The third-order valence-electron chi connectivity index (χ3n) is 3.79. The molecule has 0 spiro atoms. The molecule has 112 valence electrons. The second-order valence-corrected chi connectivity index (χ2v) is 5.17. The smallest absolute Gasteiger partial charge is 0.228 e. The summed E-state index contributed by atoms with van der Waals surface area (Å²) in [6.07, 6.45) is 2.56. The van der Waals surface area contributed by atoms with E-state index in [0.29, 0.717) is 18.5 Å². The molecule has 1 aliphatic carbocycles. The van der Waals surface area contributed by atoms with Gasteiger partial charge >= 0.3 is 0 Å². The number of carboxylic acids is 2. The molecular formula is C15H15NO5-2. The summed E-state index contributed by atoms with van der Waals surface area (Å²) in [7, 11) is 0. The van der Waals surface area contributed by atoms with E-state index in [1.54, 1.807) is 0 Å². The van der Waals surface area contributed by atoms with E-state index in [1.807, 2.05) is 0 Å². The molecule has 1 amide bonds. The van der Waals surface area contributed by atoms with E-state index in [4.69, 9.17) is 0 Å². The van der Waals surface area contributed by atoms with Gasteiger partial charge in [-0.15, -0.1) is 0 Å². The molecule has 0 aromatic heterocycles. The van der Waals surface area contributed by atoms with Gasteiger partial charge in [0.25, 0.3) is 0 Å². The minimum absolute atomic E-state index is 0.0123. The van der Waals surface area contributed by atoms with Gasteiger partial charge in [-0.2, -0.15) is 0 Å². The number of hydrogen-bond donors (Lipinski definition) is 1. The molecule has 1 aromatic rings. The van der Waals surface area contributed by atoms with E-state index >= 15 is 0 Å². The third-order valence-corrected chi connectivity index (χ3v) is 3.79. The van der Waals surface area contributed by atoms with E-state index in [0.717, 1.165) is 12.8 Å². The van der Waals surface area contributed by atoms with Gasteiger partial charge in [0.05, 0.1) is 5.97 Å². The summed E-state index contributed by atoms with van der Waals surface area (Å²) in [6, 6.07) is 5.53. The van der Waals surface area contributed by atoms with Crippen LogP contribution in [0.2, 0.25) is 0 Å². The van der Waals surface area contributed by atoms with E-state index in [9.17, 15) is 24.6 Å². The maximum absolute atomic E-state index is 12.2. The first-order valence-electron chi connectivity index (χ1n) is 6.82. The molecule has 1 aliphatic rings. The maximum atomic E-state index is 12.2. The van der Waals surface area contributed by atoms with Gasteiger partial charge in [-0.05, 0) is 30.5 Å². The standard InChI is InChI=1S/C15H17NO5/c17-13(11-3-1-2-4-12(11)15(20)21)16-10-7-5-9(6-8-10)14(18)19/h5-8,11-12H,1-4H2,(H,16,17)(H,18,19)(H,20,21)/p-2/t11-,12+/m0/s1. The predicted octanol–water partition coefficient (Wildman–Crippen LogP) is -0.455. The van der Waals surface area contributed by atoms with E-state index in [-0.39, 0.29) is 11.5 Å². The van der Waals surface area contributed by atoms with Gasteiger partial charge in [-0.1, -0.05) is 25.0 Å². The molecule has 0 aliphatic heterocycles. The molecule has 6 heteroatoms. The number of aromatic carboxylic acids is 1. The lowest BCUT2D eigenvalue weighted by Crippen LogP contribution is -2.42. The van der Waals surface area contributed by atoms with Gasteiger partial charge in [-0.3, -0.25) is 4.79 Å². The van der Waals surface area contributed by atoms with Gasteiger partial charge < -0.3 is 25.1 Å². The van der Waals surface area contributed by atoms with Crippen molar-refractivity contribution in [3.63, 3.8) is 0 Å². The first-order chi connectivity index (χ1) is 9.99. The van der Waals surface area contributed by atoms with Crippen molar-refractivity contribution in [2.24, 2.45) is 11.8 Å². The van der Waals surface area contributed by atoms with Gasteiger partial charge in [0, 0.05) is 23.5 Å². The lowest BCUT2D eigenvalue weighted by atomic mass is 9.78. The van der Waals surface area contributed by atoms with Crippen molar-refractivity contribution in [1.29, 1.82) is 0 Å². The van der Waals surface area contributed by atoms with E-state index < -0.39 is 23.8 Å². The van der Waals surface area contributed by atoms with Crippen molar-refractivity contribution >= 4 is 23.5 Å². The Morgan fingerprint density at radius 2 is 1.52 bits per heavy atom. The van der Waals surface area contributed by atoms with Gasteiger partial charge in [0.15, 0.2) is 0 Å². The fraction of sp³-hybridized carbons (Fsp3) is 0.400. The molecule has 0 heterocycles. The van der Waals surface area contributed by atoms with Crippen molar-refractivity contribution < 1.29 is 24.6 Å². The summed E-state index contributed by atoms with van der Waals surface area (Å²) in [5.41, 5.74) is 0.436. The Balaban J connectivity index is 2.05. The lowest BCUT2D eigenvalue weighted by molar-refractivity contribution is -0.313. The number of amides is 1. The quantitative estimate of drug-likeness (QED) is 0.807. The Kier molecular flexibility index (Phi) is 4.57. The number of anilines is 1. The molecule has 1 aromatic carbocycles. The van der Waals surface area contributed by atoms with E-state index in [2.05, 4.69) is 5.32 Å². The highest BCUT2D eigenvalue weighted by atomic mass is 16.4. The zero-order chi connectivity index (χ0) is 15.4. The highest BCUT2D eigenvalue weighted by molar-refractivity contribution is 5.95. The van der Waals surface area contributed by atoms with Gasteiger partial charge in [0.1, 0.15) is 0 Å². The van der Waals surface area contributed by atoms with Gasteiger partial charge in [-0.25, -0.2) is 0 Å². The van der Waals surface area contributed by atoms with Crippen LogP contribution in [0.3, 0.4) is 0 Å². The number of benzene rings is 1. The Hall–Kier alpha value is -2.37. The van der Waals surface area contributed by atoms with Crippen LogP contribution >= 0.6 is 0 Å². The maximum Gasteiger partial charge on any atom is 0.228 e. The number of rotatable bonds is 4. The molecule has 21 heavy (non-hydrogen) atoms. The number of aliphatic carboxylic acids is 1. The molecule has 0 saturated heterocycles. The Morgan fingerprint density at radius 1 is 0.952 bits per heavy atom. The van der Waals surface area contributed by atoms with Crippen LogP contribution in [0.25, 0.3) is 0 Å². The molecule has 1 saturated carbocycles. The third kappa shape index (κ3) is 3.59. The van der Waals surface area contributed by atoms with E-state index in [1.165, 1.54) is 24.3 Å². The molecule has 0 radical (unpaired) electrons. The normalized spacial score (nSPS) is 21.5. The fourth-order valence-corrected chi connectivity index (χ4v) is 2.65. The van der Waals surface area contributed by atoms with Crippen molar-refractivity contribution in [2.45, 2.75) is 25.7 Å². The Morgan fingerprint density at radius 3 is 2.05 bits per heavy atom. The highest BCUT2D eigenvalue weighted by Crippen LogP contribution is 2.30. The Bertz CT molecular complexity index is 552. The van der Waals surface area contributed by atoms with Crippen LogP contribution < -0.4 is 15.5 Å². The van der Waals surface area contributed by atoms with Crippen LogP contribution in [0.1, 0.15) is 36.0 Å². The van der Waals surface area contributed by atoms with Crippen molar-refractivity contribution in [2.75, 3.05) is 5.32 Å². The minimum atomic E-state index is -1.29. The van der Waals surface area contributed by atoms with Crippen molar-refractivity contribution in [3.05, 3.63) is 29.8 Å². The fourth-order valence-electron chi connectivity index (χ4n) is 2.65. The van der Waals surface area contributed by atoms with Crippen LogP contribution in [0, 0.1) is 11.8 Å². The number of hydrogen-bond acceptors (Lipinski definition) is 5. The summed E-state index contributed by atoms with van der Waals surface area (Å²) in [5.74, 6) is -4.23. The first-order valence-corrected chi connectivity index (χ1v) is 6.82. The van der Waals surface area contributed by atoms with Crippen LogP contribution in [-0.2, 0) is 9.59 Å². The first kappa shape index (κ1) is 15.0. The summed E-state index contributed by atoms with van der Waals surface area (Å²) < 4.78 is 0. The number of carbonyl (C=O) groups is 3. The topological polar surface area (TPSA) is 109 Å². The average Bonchev–Trinajstić information content (AvgIpc) is 2.47. The van der Waals surface area contributed by atoms with Crippen LogP contribution in [0.4, 0.5) is 5.69 Å². The average molecular weight is 289 g/mol. The van der Waals surface area contributed by atoms with Crippen LogP contribution in [0.5, 0.6) is 0 Å². The molecule has 6 nitrogen and oxygen atoms in total. The van der Waals surface area contributed by atoms with Crippen molar-refractivity contribution in [3.8, 4) is 0 Å². The summed E-state index contributed by atoms with van der Waals surface area (Å²) in [6.45, 7) is 0. The second kappa shape index (κ2) is 6.39. The minimum Gasteiger partial charge on any atom is -0.550 e. The van der Waals surface area contributed by atoms with Crippen LogP contribution in [0.15, 0.2) is 24.3 Å². The predicted molar refractivity (Wildman–Crippen MR) is 69.9 cm³/mol. The highest BCUT2D eigenvalue weighted by Gasteiger charge is 2.31. The number of carboxylic acid groups (broad SMARTS) is 2. The Labute approximate surface area is 121 Å². The SMILES string of the molecule is O=C([O-])c1ccc(NC(=O)[C@H]2CCCC[C@H]2C(=O)[O-])cc1. The number of nitrogens with one attached hydrogen (secondary N) is 1. The molecule has 0 bridgehead atoms. The zero-order valence-corrected chi connectivity index (χ0v) is 11.3. The molecular weight excluding hydrogens is 274 g/mol. The zero-order valence-electron chi connectivity index (χ0n) is 11.3. The molecule has 2 rings (SSSR count). The largest absolute Gasteiger partial charge is 0.550 e. The van der Waals surface area contributed by atoms with Gasteiger partial charge in [0.2, 0.25) is 5.91 Å². The van der Waals surface area contributed by atoms with Crippen molar-refractivity contribution in [1.82, 2.24) is 0 Å². The lowest BCUT2D eigenvalue weighted by Gasteiger charge is -2.31. The summed E-state index contributed by atoms with van der Waals surface area (Å²) in [4.78, 5) is 33.9. The molecule has 2 atom stereocenters. The van der Waals surface area contributed by atoms with Crippen LogP contribution in [-0.4, -0.2) is 17.8 Å². The summed E-state index contributed by atoms with van der Waals surface area (Å²) in [5, 5.41) is 24.3. The summed E-state index contributed by atoms with van der Waals surface area (Å²) >= 11 is 0. The molecule has 1 N–H and O–H groups in total. The number of carbonyl (C=O) groups excluding carboxylic acids is 3. The second-order valence-electron chi connectivity index (χ2n) is 5.17. The molecule has 1 fully saturated rings. The molecule has 0 unspecified atom stereocenters. The monoisotopic (exact) mass is 289 g/mol.